The summed E-state index contributed by atoms with van der Waals surface area (Å²) in [5, 5.41) is 0. The number of fused-ring (bicyclic) bond motifs is 1. The molecule has 0 amide bonds. The van der Waals surface area contributed by atoms with E-state index in [-0.39, 0.29) is 11.4 Å². The van der Waals surface area contributed by atoms with Gasteiger partial charge in [-0.3, -0.25) is 0 Å². The molecule has 1 aromatic rings. The van der Waals surface area contributed by atoms with Gasteiger partial charge < -0.3 is 4.74 Å². The van der Waals surface area contributed by atoms with Crippen LogP contribution in [0.25, 0.3) is 0 Å². The lowest BCUT2D eigenvalue weighted by Gasteiger charge is -2.27. The Balaban J connectivity index is 1.85. The Bertz CT molecular complexity index is 410. The van der Waals surface area contributed by atoms with E-state index >= 15 is 0 Å². The van der Waals surface area contributed by atoms with Crippen molar-refractivity contribution in [3.05, 3.63) is 29.8 Å². The highest BCUT2D eigenvalue weighted by molar-refractivity contribution is 8.00. The van der Waals surface area contributed by atoms with E-state index in [1.165, 1.54) is 25.7 Å². The minimum atomic E-state index is -0.147. The molecule has 0 aromatic heterocycles. The number of benzene rings is 1. The highest BCUT2D eigenvalue weighted by Crippen LogP contribution is 2.42. The minimum Gasteiger partial charge on any atom is -0.447 e. The molecule has 1 fully saturated rings. The first kappa shape index (κ1) is 10.2. The van der Waals surface area contributed by atoms with Crippen LogP contribution >= 0.6 is 11.8 Å². The summed E-state index contributed by atoms with van der Waals surface area (Å²) >= 11 is 1.71. The molecule has 0 N–H and O–H groups in total. The predicted molar refractivity (Wildman–Crippen MR) is 63.5 cm³/mol. The number of esters is 1. The summed E-state index contributed by atoms with van der Waals surface area (Å²) in [5.41, 5.74) is 0.770. The van der Waals surface area contributed by atoms with E-state index in [1.807, 2.05) is 24.3 Å². The molecule has 0 radical (unpaired) electrons. The van der Waals surface area contributed by atoms with Gasteiger partial charge >= 0.3 is 5.97 Å². The Kier molecular flexibility index (Phi) is 2.64. The predicted octanol–water partition coefficient (Wildman–Crippen LogP) is 3.47. The van der Waals surface area contributed by atoms with Crippen LogP contribution in [0.1, 0.15) is 36.0 Å². The zero-order chi connectivity index (χ0) is 11.0. The zero-order valence-corrected chi connectivity index (χ0v) is 9.83. The molecule has 16 heavy (non-hydrogen) atoms. The van der Waals surface area contributed by atoms with Gasteiger partial charge in [0.2, 0.25) is 0 Å². The van der Waals surface area contributed by atoms with Gasteiger partial charge in [0, 0.05) is 10.8 Å². The summed E-state index contributed by atoms with van der Waals surface area (Å²) in [5.74, 6) is 0.411. The van der Waals surface area contributed by atoms with E-state index in [0.29, 0.717) is 5.92 Å². The molecule has 1 aliphatic heterocycles. The molecule has 0 bridgehead atoms. The normalized spacial score (nSPS) is 25.2. The van der Waals surface area contributed by atoms with Gasteiger partial charge in [-0.1, -0.05) is 36.7 Å². The fraction of sp³-hybridized carbons (Fsp3) is 0.462. The molecule has 1 atom stereocenters. The maximum absolute atomic E-state index is 11.8. The lowest BCUT2D eigenvalue weighted by molar-refractivity contribution is 0.0353. The maximum Gasteiger partial charge on any atom is 0.340 e. The molecule has 1 aromatic carbocycles. The fourth-order valence-corrected chi connectivity index (χ4v) is 3.76. The van der Waals surface area contributed by atoms with E-state index in [4.69, 9.17) is 4.74 Å². The molecule has 84 valence electrons. The third kappa shape index (κ3) is 1.73. The van der Waals surface area contributed by atoms with E-state index in [1.54, 1.807) is 11.8 Å². The SMILES string of the molecule is O=C1OC(C2CCCC2)Sc2ccccc21. The molecule has 2 aliphatic rings. The van der Waals surface area contributed by atoms with E-state index in [2.05, 4.69) is 0 Å². The van der Waals surface area contributed by atoms with Crippen LogP contribution in [0.5, 0.6) is 0 Å². The fourth-order valence-electron chi connectivity index (χ4n) is 2.48. The van der Waals surface area contributed by atoms with Crippen molar-refractivity contribution < 1.29 is 9.53 Å². The number of carbonyl (C=O) groups excluding carboxylic acids is 1. The smallest absolute Gasteiger partial charge is 0.340 e. The number of hydrogen-bond acceptors (Lipinski definition) is 3. The zero-order valence-electron chi connectivity index (χ0n) is 9.02. The van der Waals surface area contributed by atoms with Gasteiger partial charge in [0.15, 0.2) is 5.44 Å². The summed E-state index contributed by atoms with van der Waals surface area (Å²) in [4.78, 5) is 12.9. The molecular formula is C13H14O2S. The van der Waals surface area contributed by atoms with Crippen molar-refractivity contribution in [2.75, 3.05) is 0 Å². The van der Waals surface area contributed by atoms with Gasteiger partial charge in [0.05, 0.1) is 5.56 Å². The van der Waals surface area contributed by atoms with Crippen LogP contribution in [-0.2, 0) is 4.74 Å². The Morgan fingerprint density at radius 3 is 2.75 bits per heavy atom. The Morgan fingerprint density at radius 2 is 1.94 bits per heavy atom. The molecule has 3 rings (SSSR count). The largest absolute Gasteiger partial charge is 0.447 e. The second-order valence-corrected chi connectivity index (χ2v) is 5.57. The summed E-state index contributed by atoms with van der Waals surface area (Å²) < 4.78 is 5.52. The van der Waals surface area contributed by atoms with Gasteiger partial charge in [0.25, 0.3) is 0 Å². The van der Waals surface area contributed by atoms with Crippen molar-refractivity contribution in [3.8, 4) is 0 Å². The second-order valence-electron chi connectivity index (χ2n) is 4.43. The van der Waals surface area contributed by atoms with Crippen LogP contribution in [-0.4, -0.2) is 11.4 Å². The lowest BCUT2D eigenvalue weighted by Crippen LogP contribution is -2.26. The number of ether oxygens (including phenoxy) is 1. The van der Waals surface area contributed by atoms with Gasteiger partial charge in [-0.15, -0.1) is 0 Å². The molecule has 1 aliphatic carbocycles. The van der Waals surface area contributed by atoms with Crippen molar-refractivity contribution in [1.82, 2.24) is 0 Å². The van der Waals surface area contributed by atoms with Gasteiger partial charge in [-0.25, -0.2) is 4.79 Å². The van der Waals surface area contributed by atoms with E-state index < -0.39 is 0 Å². The van der Waals surface area contributed by atoms with E-state index in [9.17, 15) is 4.79 Å². The van der Waals surface area contributed by atoms with Crippen LogP contribution in [0, 0.1) is 5.92 Å². The number of thioether (sulfide) groups is 1. The van der Waals surface area contributed by atoms with Gasteiger partial charge in [-0.05, 0) is 25.0 Å². The van der Waals surface area contributed by atoms with Crippen LogP contribution in [0.2, 0.25) is 0 Å². The lowest BCUT2D eigenvalue weighted by atomic mass is 10.1. The summed E-state index contributed by atoms with van der Waals surface area (Å²) in [7, 11) is 0. The average Bonchev–Trinajstić information content (AvgIpc) is 2.82. The van der Waals surface area contributed by atoms with Crippen molar-refractivity contribution in [3.63, 3.8) is 0 Å². The first-order valence-corrected chi connectivity index (χ1v) is 6.69. The molecule has 0 spiro atoms. The average molecular weight is 234 g/mol. The van der Waals surface area contributed by atoms with Crippen LogP contribution in [0.3, 0.4) is 0 Å². The first-order valence-electron chi connectivity index (χ1n) is 5.81. The first-order chi connectivity index (χ1) is 7.84. The maximum atomic E-state index is 11.8. The highest BCUT2D eigenvalue weighted by atomic mass is 32.2. The number of cyclic esters (lactones) is 1. The Hall–Kier alpha value is -0.960. The molecule has 1 unspecified atom stereocenters. The van der Waals surface area contributed by atoms with Crippen LogP contribution in [0.15, 0.2) is 29.2 Å². The quantitative estimate of drug-likeness (QED) is 0.696. The standard InChI is InChI=1S/C13H14O2S/c14-12-10-7-3-4-8-11(10)16-13(15-12)9-5-1-2-6-9/h3-4,7-9,13H,1-2,5-6H2. The number of rotatable bonds is 1. The molecule has 1 heterocycles. The monoisotopic (exact) mass is 234 g/mol. The topological polar surface area (TPSA) is 26.3 Å². The molecule has 2 nitrogen and oxygen atoms in total. The van der Waals surface area contributed by atoms with Crippen molar-refractivity contribution in [2.45, 2.75) is 36.0 Å². The Labute approximate surface area is 99.4 Å². The van der Waals surface area contributed by atoms with Crippen LogP contribution < -0.4 is 0 Å². The van der Waals surface area contributed by atoms with Crippen molar-refractivity contribution in [1.29, 1.82) is 0 Å². The van der Waals surface area contributed by atoms with Crippen molar-refractivity contribution in [2.24, 2.45) is 5.92 Å². The molecule has 1 saturated carbocycles. The number of hydrogen-bond donors (Lipinski definition) is 0. The summed E-state index contributed by atoms with van der Waals surface area (Å²) in [6.07, 6.45) is 4.96. The molecule has 0 saturated heterocycles. The summed E-state index contributed by atoms with van der Waals surface area (Å²) in [6, 6.07) is 7.73. The molecular weight excluding hydrogens is 220 g/mol. The highest BCUT2D eigenvalue weighted by Gasteiger charge is 2.33. The number of carbonyl (C=O) groups is 1. The third-order valence-electron chi connectivity index (χ3n) is 3.36. The second kappa shape index (κ2) is 4.13. The van der Waals surface area contributed by atoms with Crippen molar-refractivity contribution >= 4 is 17.7 Å². The third-order valence-corrected chi connectivity index (χ3v) is 4.68. The minimum absolute atomic E-state index is 0.0462. The van der Waals surface area contributed by atoms with E-state index in [0.717, 1.165) is 10.5 Å². The van der Waals surface area contributed by atoms with Gasteiger partial charge in [-0.2, -0.15) is 0 Å². The molecule has 3 heteroatoms. The van der Waals surface area contributed by atoms with Crippen LogP contribution in [0.4, 0.5) is 0 Å². The van der Waals surface area contributed by atoms with Gasteiger partial charge in [0.1, 0.15) is 0 Å². The summed E-state index contributed by atoms with van der Waals surface area (Å²) in [6.45, 7) is 0. The Morgan fingerprint density at radius 1 is 1.19 bits per heavy atom.